The molecule has 2 heterocycles. The largest absolute Gasteiger partial charge is 0.494 e. The van der Waals surface area contributed by atoms with Gasteiger partial charge in [0.2, 0.25) is 0 Å². The van der Waals surface area contributed by atoms with Crippen LogP contribution < -0.4 is 19.7 Å². The van der Waals surface area contributed by atoms with Crippen LogP contribution >= 0.6 is 0 Å². The van der Waals surface area contributed by atoms with Gasteiger partial charge >= 0.3 is 0 Å². The molecule has 2 fully saturated rings. The highest BCUT2D eigenvalue weighted by Gasteiger charge is 2.25. The molecule has 0 unspecified atom stereocenters. The number of ether oxygens (including phenoxy) is 2. The second-order valence-corrected chi connectivity index (χ2v) is 9.57. The van der Waals surface area contributed by atoms with Crippen LogP contribution in [0, 0.1) is 0 Å². The Balaban J connectivity index is 1.62. The summed E-state index contributed by atoms with van der Waals surface area (Å²) >= 11 is 0. The minimum atomic E-state index is -3.82. The van der Waals surface area contributed by atoms with Crippen LogP contribution in [0.5, 0.6) is 5.75 Å². The number of nitrogens with zero attached hydrogens (tertiary/aromatic N) is 2. The van der Waals surface area contributed by atoms with Crippen molar-refractivity contribution in [3.05, 3.63) is 48.0 Å². The first-order valence-corrected chi connectivity index (χ1v) is 12.7. The van der Waals surface area contributed by atoms with Gasteiger partial charge in [-0.1, -0.05) is 0 Å². The molecule has 0 spiro atoms. The van der Waals surface area contributed by atoms with E-state index in [1.807, 2.05) is 13.0 Å². The summed E-state index contributed by atoms with van der Waals surface area (Å²) in [6.07, 6.45) is 0. The van der Waals surface area contributed by atoms with Crippen molar-refractivity contribution in [2.45, 2.75) is 11.8 Å². The molecule has 2 aliphatic heterocycles. The highest BCUT2D eigenvalue weighted by atomic mass is 32.2. The lowest BCUT2D eigenvalue weighted by Gasteiger charge is -2.33. The molecule has 4 rings (SSSR count). The number of amides is 1. The van der Waals surface area contributed by atoms with Gasteiger partial charge in [-0.2, -0.15) is 0 Å². The lowest BCUT2D eigenvalue weighted by molar-refractivity contribution is 0.0303. The van der Waals surface area contributed by atoms with Crippen molar-refractivity contribution in [1.29, 1.82) is 0 Å². The molecular weight excluding hydrogens is 444 g/mol. The number of rotatable bonds is 7. The molecular formula is C23H30N4O5S. The highest BCUT2D eigenvalue weighted by Crippen LogP contribution is 2.28. The van der Waals surface area contributed by atoms with E-state index in [9.17, 15) is 13.2 Å². The SMILES string of the molecule is CCOc1ccc(S(=O)(=O)Nc2ccc(N3CCNCC3)c(C(=O)N3CCOCC3)c2)cc1. The van der Waals surface area contributed by atoms with Crippen molar-refractivity contribution in [3.8, 4) is 5.75 Å². The molecule has 2 N–H and O–H groups in total. The van der Waals surface area contributed by atoms with Crippen LogP contribution in [0.2, 0.25) is 0 Å². The fraction of sp³-hybridized carbons (Fsp3) is 0.435. The van der Waals surface area contributed by atoms with Crippen LogP contribution in [-0.4, -0.2) is 78.3 Å². The van der Waals surface area contributed by atoms with E-state index in [-0.39, 0.29) is 10.8 Å². The standard InChI is InChI=1S/C23H30N4O5S/c1-2-32-19-4-6-20(7-5-19)33(29,30)25-18-3-8-22(26-11-9-24-10-12-26)21(17-18)23(28)27-13-15-31-16-14-27/h3-8,17,24-25H,2,9-16H2,1H3. The van der Waals surface area contributed by atoms with Crippen LogP contribution in [0.15, 0.2) is 47.4 Å². The molecule has 0 bridgehead atoms. The Morgan fingerprint density at radius 3 is 2.42 bits per heavy atom. The van der Waals surface area contributed by atoms with Gasteiger partial charge in [-0.15, -0.1) is 0 Å². The summed E-state index contributed by atoms with van der Waals surface area (Å²) in [5, 5.41) is 3.31. The third kappa shape index (κ3) is 5.58. The maximum atomic E-state index is 13.4. The Bertz CT molecular complexity index is 1060. The lowest BCUT2D eigenvalue weighted by atomic mass is 10.1. The molecule has 178 valence electrons. The summed E-state index contributed by atoms with van der Waals surface area (Å²) in [6, 6.07) is 11.4. The Kier molecular flexibility index (Phi) is 7.36. The van der Waals surface area contributed by atoms with E-state index in [2.05, 4.69) is 14.9 Å². The number of sulfonamides is 1. The van der Waals surface area contributed by atoms with Crippen molar-refractivity contribution in [3.63, 3.8) is 0 Å². The average molecular weight is 475 g/mol. The number of nitrogens with one attached hydrogen (secondary N) is 2. The fourth-order valence-electron chi connectivity index (χ4n) is 3.98. The predicted octanol–water partition coefficient (Wildman–Crippen LogP) is 1.77. The van der Waals surface area contributed by atoms with Crippen LogP contribution in [-0.2, 0) is 14.8 Å². The van der Waals surface area contributed by atoms with Gasteiger partial charge in [-0.05, 0) is 49.4 Å². The zero-order chi connectivity index (χ0) is 23.3. The molecule has 0 saturated carbocycles. The minimum Gasteiger partial charge on any atom is -0.494 e. The monoisotopic (exact) mass is 474 g/mol. The maximum absolute atomic E-state index is 13.4. The van der Waals surface area contributed by atoms with Gasteiger partial charge in [0.25, 0.3) is 15.9 Å². The maximum Gasteiger partial charge on any atom is 0.261 e. The first-order valence-electron chi connectivity index (χ1n) is 11.2. The number of hydrogen-bond donors (Lipinski definition) is 2. The molecule has 2 aromatic rings. The van der Waals surface area contributed by atoms with Gasteiger partial charge in [0, 0.05) is 50.6 Å². The van der Waals surface area contributed by atoms with Crippen molar-refractivity contribution < 1.29 is 22.7 Å². The molecule has 2 aromatic carbocycles. The molecule has 0 aliphatic carbocycles. The predicted molar refractivity (Wildman–Crippen MR) is 127 cm³/mol. The Labute approximate surface area is 194 Å². The van der Waals surface area contributed by atoms with Crippen LogP contribution in [0.4, 0.5) is 11.4 Å². The number of hydrogen-bond acceptors (Lipinski definition) is 7. The van der Waals surface area contributed by atoms with E-state index < -0.39 is 10.0 Å². The van der Waals surface area contributed by atoms with Gasteiger partial charge in [0.05, 0.1) is 30.3 Å². The fourth-order valence-corrected chi connectivity index (χ4v) is 5.03. The van der Waals surface area contributed by atoms with Crippen molar-refractivity contribution in [2.75, 3.05) is 68.7 Å². The van der Waals surface area contributed by atoms with Gasteiger partial charge in [0.15, 0.2) is 0 Å². The highest BCUT2D eigenvalue weighted by molar-refractivity contribution is 7.92. The first-order chi connectivity index (χ1) is 16.0. The summed E-state index contributed by atoms with van der Waals surface area (Å²) in [6.45, 7) is 7.62. The number of anilines is 2. The summed E-state index contributed by atoms with van der Waals surface area (Å²) < 4.78 is 39.3. The minimum absolute atomic E-state index is 0.117. The van der Waals surface area contributed by atoms with Gasteiger partial charge in [-0.3, -0.25) is 9.52 Å². The third-order valence-electron chi connectivity index (χ3n) is 5.68. The van der Waals surface area contributed by atoms with E-state index in [0.29, 0.717) is 49.9 Å². The van der Waals surface area contributed by atoms with Crippen LogP contribution in [0.1, 0.15) is 17.3 Å². The number of benzene rings is 2. The zero-order valence-electron chi connectivity index (χ0n) is 18.7. The van der Waals surface area contributed by atoms with Gasteiger partial charge in [0.1, 0.15) is 5.75 Å². The quantitative estimate of drug-likeness (QED) is 0.631. The lowest BCUT2D eigenvalue weighted by Crippen LogP contribution is -2.45. The van der Waals surface area contributed by atoms with E-state index in [0.717, 1.165) is 31.9 Å². The summed E-state index contributed by atoms with van der Waals surface area (Å²) in [5.41, 5.74) is 1.65. The second kappa shape index (κ2) is 10.4. The normalized spacial score (nSPS) is 17.0. The molecule has 0 radical (unpaired) electrons. The number of piperazine rings is 1. The third-order valence-corrected chi connectivity index (χ3v) is 7.08. The average Bonchev–Trinajstić information content (AvgIpc) is 2.85. The topological polar surface area (TPSA) is 100 Å². The molecule has 1 amide bonds. The van der Waals surface area contributed by atoms with Gasteiger partial charge < -0.3 is 24.6 Å². The molecule has 0 atom stereocenters. The van der Waals surface area contributed by atoms with E-state index in [1.54, 1.807) is 29.2 Å². The smallest absolute Gasteiger partial charge is 0.261 e. The van der Waals surface area contributed by atoms with Crippen molar-refractivity contribution in [2.24, 2.45) is 0 Å². The summed E-state index contributed by atoms with van der Waals surface area (Å²) in [7, 11) is -3.82. The molecule has 2 aliphatic rings. The molecule has 10 heteroatoms. The van der Waals surface area contributed by atoms with Crippen LogP contribution in [0.3, 0.4) is 0 Å². The Morgan fingerprint density at radius 1 is 1.06 bits per heavy atom. The summed E-state index contributed by atoms with van der Waals surface area (Å²) in [5.74, 6) is 0.490. The Hall–Kier alpha value is -2.82. The number of morpholine rings is 1. The summed E-state index contributed by atoms with van der Waals surface area (Å²) in [4.78, 5) is 17.4. The van der Waals surface area contributed by atoms with Gasteiger partial charge in [-0.25, -0.2) is 8.42 Å². The van der Waals surface area contributed by atoms with Crippen molar-refractivity contribution >= 4 is 27.3 Å². The number of carbonyl (C=O) groups is 1. The van der Waals surface area contributed by atoms with Crippen LogP contribution in [0.25, 0.3) is 0 Å². The van der Waals surface area contributed by atoms with Crippen molar-refractivity contribution in [1.82, 2.24) is 10.2 Å². The van der Waals surface area contributed by atoms with E-state index >= 15 is 0 Å². The zero-order valence-corrected chi connectivity index (χ0v) is 19.6. The molecule has 9 nitrogen and oxygen atoms in total. The van der Waals surface area contributed by atoms with E-state index in [4.69, 9.17) is 9.47 Å². The Morgan fingerprint density at radius 2 is 1.76 bits per heavy atom. The molecule has 33 heavy (non-hydrogen) atoms. The van der Waals surface area contributed by atoms with E-state index in [1.165, 1.54) is 12.1 Å². The molecule has 0 aromatic heterocycles. The molecule has 2 saturated heterocycles. The number of carbonyl (C=O) groups excluding carboxylic acids is 1. The second-order valence-electron chi connectivity index (χ2n) is 7.88. The first kappa shape index (κ1) is 23.3.